The van der Waals surface area contributed by atoms with Gasteiger partial charge in [-0.05, 0) is 0 Å². The van der Waals surface area contributed by atoms with E-state index in [0.717, 1.165) is 0 Å². The number of hydrogen-bond acceptors (Lipinski definition) is 9. The van der Waals surface area contributed by atoms with Crippen molar-refractivity contribution in [1.82, 2.24) is 19.5 Å². The Hall–Kier alpha value is -1.66. The molecule has 1 aliphatic heterocycles. The Labute approximate surface area is 143 Å². The van der Waals surface area contributed by atoms with Gasteiger partial charge in [-0.3, -0.25) is 9.09 Å². The Bertz CT molecular complexity index is 765. The third kappa shape index (κ3) is 4.12. The van der Waals surface area contributed by atoms with E-state index in [4.69, 9.17) is 20.3 Å². The van der Waals surface area contributed by atoms with Crippen LogP contribution in [0.4, 0.5) is 5.82 Å². The number of aliphatic hydroxyl groups excluding tert-OH is 2. The second-order valence-corrected chi connectivity index (χ2v) is 6.15. The summed E-state index contributed by atoms with van der Waals surface area (Å²) in [4.78, 5) is 29.2. The second-order valence-electron chi connectivity index (χ2n) is 4.92. The third-order valence-corrected chi connectivity index (χ3v) is 3.89. The predicted molar refractivity (Wildman–Crippen MR) is 87.1 cm³/mol. The second kappa shape index (κ2) is 7.70. The summed E-state index contributed by atoms with van der Waals surface area (Å²) in [6.07, 6.45) is -2.49. The van der Waals surface area contributed by atoms with Crippen LogP contribution in [0.3, 0.4) is 0 Å². The van der Waals surface area contributed by atoms with Crippen LogP contribution in [0.1, 0.15) is 21.1 Å². The van der Waals surface area contributed by atoms with Crippen molar-refractivity contribution in [3.05, 3.63) is 12.7 Å². The van der Waals surface area contributed by atoms with Gasteiger partial charge in [0, 0.05) is 0 Å². The average molecular weight is 379 g/mol. The van der Waals surface area contributed by atoms with Gasteiger partial charge in [-0.2, -0.15) is 0 Å². The molecule has 0 spiro atoms. The normalized spacial score (nSPS) is 26.2. The van der Waals surface area contributed by atoms with Gasteiger partial charge in [0.2, 0.25) is 0 Å². The summed E-state index contributed by atoms with van der Waals surface area (Å²) in [5.41, 5.74) is 6.25. The highest BCUT2D eigenvalue weighted by atomic mass is 31.2. The number of hydrogen-bond donors (Lipinski definition) is 5. The van der Waals surface area contributed by atoms with Crippen molar-refractivity contribution in [3.8, 4) is 0 Å². The number of imidazole rings is 1. The van der Waals surface area contributed by atoms with Gasteiger partial charge in [0.15, 0.2) is 17.7 Å². The lowest BCUT2D eigenvalue weighted by Gasteiger charge is -2.16. The number of phosphoric acid groups is 1. The molecule has 12 nitrogen and oxygen atoms in total. The molecule has 1 fully saturated rings. The van der Waals surface area contributed by atoms with Crippen LogP contribution in [0.15, 0.2) is 12.7 Å². The molecule has 3 heterocycles. The average Bonchev–Trinajstić information content (AvgIpc) is 3.01. The van der Waals surface area contributed by atoms with Gasteiger partial charge in [0.25, 0.3) is 0 Å². The maximum Gasteiger partial charge on any atom is 0.469 e. The molecule has 4 atom stereocenters. The van der Waals surface area contributed by atoms with Crippen LogP contribution < -0.4 is 5.73 Å². The van der Waals surface area contributed by atoms with Gasteiger partial charge in [-0.25, -0.2) is 19.5 Å². The lowest BCUT2D eigenvalue weighted by Crippen LogP contribution is -2.33. The van der Waals surface area contributed by atoms with Crippen molar-refractivity contribution in [3.63, 3.8) is 0 Å². The molecule has 142 valence electrons. The van der Waals surface area contributed by atoms with Gasteiger partial charge < -0.3 is 30.5 Å². The maximum absolute atomic E-state index is 10.7. The number of rotatable bonds is 4. The summed E-state index contributed by atoms with van der Waals surface area (Å²) in [7, 11) is -4.72. The topological polar surface area (TPSA) is 186 Å². The van der Waals surface area contributed by atoms with Gasteiger partial charge in [-0.1, -0.05) is 14.9 Å². The first-order valence-electron chi connectivity index (χ1n) is 6.42. The highest BCUT2D eigenvalue weighted by Crippen LogP contribution is 2.38. The summed E-state index contributed by atoms with van der Waals surface area (Å²) in [6, 6.07) is 0. The molecule has 2 aromatic heterocycles. The van der Waals surface area contributed by atoms with Crippen molar-refractivity contribution in [2.75, 3.05) is 12.3 Å². The molecule has 0 bridgehead atoms. The zero-order valence-corrected chi connectivity index (χ0v) is 12.4. The van der Waals surface area contributed by atoms with Crippen molar-refractivity contribution in [2.45, 2.75) is 39.4 Å². The minimum absolute atomic E-state index is 0. The Balaban J connectivity index is 0.00000156. The van der Waals surface area contributed by atoms with Gasteiger partial charge in [-0.15, -0.1) is 0 Å². The SMILES string of the molecule is C.C.Nc1ncnc2c1ncn2[C@@H]1O[C@H](COP(=O)(O)O)C(O)[C@@H]1O. The van der Waals surface area contributed by atoms with Crippen molar-refractivity contribution in [2.24, 2.45) is 0 Å². The number of fused-ring (bicyclic) bond motifs is 1. The number of anilines is 1. The molecule has 25 heavy (non-hydrogen) atoms. The Morgan fingerprint density at radius 2 is 1.92 bits per heavy atom. The Morgan fingerprint density at radius 3 is 2.56 bits per heavy atom. The van der Waals surface area contributed by atoms with Crippen LogP contribution in [-0.4, -0.2) is 64.4 Å². The molecule has 1 saturated heterocycles. The summed E-state index contributed by atoms with van der Waals surface area (Å²) in [6.45, 7) is -0.594. The molecule has 2 aromatic rings. The number of aliphatic hydroxyl groups is 2. The lowest BCUT2D eigenvalue weighted by molar-refractivity contribution is -0.0504. The zero-order valence-electron chi connectivity index (χ0n) is 11.5. The highest BCUT2D eigenvalue weighted by Gasteiger charge is 2.45. The van der Waals surface area contributed by atoms with E-state index in [1.807, 2.05) is 0 Å². The molecule has 0 aliphatic carbocycles. The molecular weight excluding hydrogens is 357 g/mol. The standard InChI is InChI=1S/C10H14N5O7P.2CH4/c11-8-5-9(13-2-12-8)15(3-14-5)10-7(17)6(16)4(22-10)1-21-23(18,19)20;;/h2-4,6-7,10,16-17H,1H2,(H2,11,12,13)(H2,18,19,20);2*1H4/t4-,6?,7+,10-;;/m1../s1. The van der Waals surface area contributed by atoms with Crippen molar-refractivity contribution in [1.29, 1.82) is 0 Å². The molecule has 1 aliphatic rings. The molecule has 3 rings (SSSR count). The summed E-state index contributed by atoms with van der Waals surface area (Å²) in [5, 5.41) is 20.1. The molecule has 0 aromatic carbocycles. The maximum atomic E-state index is 10.7. The smallest absolute Gasteiger partial charge is 0.387 e. The van der Waals surface area contributed by atoms with Crippen LogP contribution in [0.25, 0.3) is 11.2 Å². The number of nitrogens with zero attached hydrogens (tertiary/aromatic N) is 4. The summed E-state index contributed by atoms with van der Waals surface area (Å²) in [5.74, 6) is 0.142. The lowest BCUT2D eigenvalue weighted by atomic mass is 10.1. The fourth-order valence-electron chi connectivity index (χ4n) is 2.32. The van der Waals surface area contributed by atoms with E-state index in [1.54, 1.807) is 0 Å². The van der Waals surface area contributed by atoms with Crippen LogP contribution in [0.2, 0.25) is 0 Å². The Kier molecular flexibility index (Phi) is 6.59. The predicted octanol–water partition coefficient (Wildman–Crippen LogP) is -0.591. The van der Waals surface area contributed by atoms with Crippen LogP contribution in [-0.2, 0) is 13.8 Å². The van der Waals surface area contributed by atoms with E-state index in [-0.39, 0.29) is 26.3 Å². The fourth-order valence-corrected chi connectivity index (χ4v) is 2.66. The largest absolute Gasteiger partial charge is 0.469 e. The molecular formula is C12H22N5O7P. The quantitative estimate of drug-likeness (QED) is 0.427. The van der Waals surface area contributed by atoms with E-state index in [0.29, 0.717) is 5.52 Å². The van der Waals surface area contributed by atoms with Crippen LogP contribution in [0.5, 0.6) is 0 Å². The van der Waals surface area contributed by atoms with E-state index in [2.05, 4.69) is 19.5 Å². The number of nitrogen functional groups attached to an aromatic ring is 1. The van der Waals surface area contributed by atoms with E-state index in [1.165, 1.54) is 17.2 Å². The minimum atomic E-state index is -4.72. The highest BCUT2D eigenvalue weighted by molar-refractivity contribution is 7.46. The Morgan fingerprint density at radius 1 is 1.24 bits per heavy atom. The minimum Gasteiger partial charge on any atom is -0.387 e. The summed E-state index contributed by atoms with van der Waals surface area (Å²) < 4.78 is 21.8. The van der Waals surface area contributed by atoms with Crippen molar-refractivity contribution < 1.29 is 33.8 Å². The zero-order chi connectivity index (χ0) is 16.8. The van der Waals surface area contributed by atoms with E-state index in [9.17, 15) is 14.8 Å². The number of ether oxygens (including phenoxy) is 1. The van der Waals surface area contributed by atoms with E-state index < -0.39 is 39.0 Å². The number of nitrogens with two attached hydrogens (primary N) is 1. The van der Waals surface area contributed by atoms with Crippen molar-refractivity contribution >= 4 is 24.8 Å². The fraction of sp³-hybridized carbons (Fsp3) is 0.583. The molecule has 1 unspecified atom stereocenters. The van der Waals surface area contributed by atoms with E-state index >= 15 is 0 Å². The van der Waals surface area contributed by atoms with Gasteiger partial charge >= 0.3 is 7.82 Å². The van der Waals surface area contributed by atoms with Gasteiger partial charge in [0.05, 0.1) is 12.9 Å². The molecule has 0 saturated carbocycles. The van der Waals surface area contributed by atoms with Crippen LogP contribution in [0, 0.1) is 0 Å². The third-order valence-electron chi connectivity index (χ3n) is 3.41. The first kappa shape index (κ1) is 21.4. The number of phosphoric ester groups is 1. The van der Waals surface area contributed by atoms with Gasteiger partial charge in [0.1, 0.15) is 30.2 Å². The molecule has 13 heteroatoms. The monoisotopic (exact) mass is 379 g/mol. The number of aromatic nitrogens is 4. The van der Waals surface area contributed by atoms with Crippen LogP contribution >= 0.6 is 7.82 Å². The molecule has 0 amide bonds. The first-order valence-corrected chi connectivity index (χ1v) is 7.95. The first-order chi connectivity index (χ1) is 10.8. The summed E-state index contributed by atoms with van der Waals surface area (Å²) >= 11 is 0. The molecule has 0 radical (unpaired) electrons. The molecule has 6 N–H and O–H groups in total.